The maximum Gasteiger partial charge on any atom is 0.235 e. The van der Waals surface area contributed by atoms with Gasteiger partial charge in [-0.25, -0.2) is 19.8 Å². The van der Waals surface area contributed by atoms with Crippen LogP contribution in [-0.2, 0) is 0 Å². The van der Waals surface area contributed by atoms with E-state index in [0.29, 0.717) is 95.5 Å². The zero-order chi connectivity index (χ0) is 61.4. The molecule has 19 nitrogen and oxygen atoms in total. The Morgan fingerprint density at radius 1 is 0.524 bits per heavy atom. The monoisotopic (exact) mass is 1320 g/mol. The first kappa shape index (κ1) is 69.7. The number of aliphatic hydroxyl groups excluding tert-OH is 1. The zero-order valence-corrected chi connectivity index (χ0v) is 49.7. The van der Waals surface area contributed by atoms with Gasteiger partial charge in [0.05, 0.1) is 48.9 Å². The Morgan fingerprint density at radius 3 is 1.32 bits per heavy atom. The molecule has 0 spiro atoms. The van der Waals surface area contributed by atoms with Crippen molar-refractivity contribution in [1.29, 1.82) is 31.9 Å². The van der Waals surface area contributed by atoms with E-state index in [4.69, 9.17) is 83.8 Å². The van der Waals surface area contributed by atoms with Gasteiger partial charge in [0.15, 0.2) is 5.69 Å². The number of aliphatic hydroxyl groups is 1. The maximum absolute atomic E-state index is 8.71. The fourth-order valence-corrected chi connectivity index (χ4v) is 6.11. The van der Waals surface area contributed by atoms with Gasteiger partial charge in [-0.2, -0.15) is 15.8 Å². The van der Waals surface area contributed by atoms with E-state index in [0.717, 1.165) is 21.7 Å². The van der Waals surface area contributed by atoms with Gasteiger partial charge in [0, 0.05) is 27.6 Å². The van der Waals surface area contributed by atoms with E-state index in [1.54, 1.807) is 97.1 Å². The highest BCUT2D eigenvalue weighted by molar-refractivity contribution is 9.09. The third-order valence-corrected chi connectivity index (χ3v) is 10.5. The Hall–Kier alpha value is -10.4. The lowest BCUT2D eigenvalue weighted by Crippen LogP contribution is -2.12. The predicted octanol–water partition coefficient (Wildman–Crippen LogP) is 12.3. The summed E-state index contributed by atoms with van der Waals surface area (Å²) in [6.45, 7) is 8.93. The largest absolute Gasteiger partial charge is 0.506 e. The molecule has 84 heavy (non-hydrogen) atoms. The quantitative estimate of drug-likeness (QED) is 0.0136. The van der Waals surface area contributed by atoms with Gasteiger partial charge in [-0.1, -0.05) is 84.2 Å². The minimum Gasteiger partial charge on any atom is -0.506 e. The van der Waals surface area contributed by atoms with Crippen molar-refractivity contribution in [2.24, 2.45) is 11.5 Å². The van der Waals surface area contributed by atoms with Crippen molar-refractivity contribution in [3.05, 3.63) is 252 Å². The summed E-state index contributed by atoms with van der Waals surface area (Å²) in [7, 11) is 0. The molecule has 1 aliphatic rings. The SMILES string of the molecule is BrC/C=C/CBr.N#CC1=[C+]C=C(O)C=C1.N#Cc1ccc(O)cn1.N#Cc1ccc(OC/C=C/COc2ccc(C#N)nc2)cc1.N=C(N)c1ccc(OC/C=C/COc2ccc(C(=N)N)nc2)cc1.[C-]#[N+]c1ccc(OC/C=C/CBr)cc1. The predicted molar refractivity (Wildman–Crippen MR) is 334 cm³/mol. The van der Waals surface area contributed by atoms with Gasteiger partial charge < -0.3 is 45.4 Å². The number of nitrogens with zero attached hydrogens (tertiary/aromatic N) is 8. The molecular weight excluding hydrogens is 1260 g/mol. The Bertz CT molecular complexity index is 3220. The van der Waals surface area contributed by atoms with Crippen LogP contribution in [0.1, 0.15) is 28.2 Å². The molecule has 8 N–H and O–H groups in total. The van der Waals surface area contributed by atoms with Crippen LogP contribution in [0.25, 0.3) is 4.85 Å². The molecule has 0 radical (unpaired) electrons. The molecule has 426 valence electrons. The highest BCUT2D eigenvalue weighted by Gasteiger charge is 2.05. The molecular formula is C62H56Br3N12O7+. The molecule has 3 aromatic heterocycles. The van der Waals surface area contributed by atoms with Gasteiger partial charge in [0.1, 0.15) is 114 Å². The van der Waals surface area contributed by atoms with Crippen LogP contribution >= 0.6 is 47.8 Å². The van der Waals surface area contributed by atoms with Crippen molar-refractivity contribution < 1.29 is 33.9 Å². The van der Waals surface area contributed by atoms with Crippen LogP contribution in [0.3, 0.4) is 0 Å². The van der Waals surface area contributed by atoms with E-state index in [1.807, 2.05) is 54.7 Å². The van der Waals surface area contributed by atoms with E-state index < -0.39 is 0 Å². The molecule has 0 aliphatic heterocycles. The molecule has 3 heterocycles. The third kappa shape index (κ3) is 32.6. The molecule has 0 atom stereocenters. The van der Waals surface area contributed by atoms with Crippen molar-refractivity contribution in [1.82, 2.24) is 15.0 Å². The average molecular weight is 1320 g/mol. The van der Waals surface area contributed by atoms with Gasteiger partial charge in [-0.3, -0.25) is 10.8 Å². The number of nitriles is 4. The molecule has 1 aliphatic carbocycles. The highest BCUT2D eigenvalue weighted by Crippen LogP contribution is 2.18. The number of benzene rings is 3. The maximum atomic E-state index is 8.71. The topological polar surface area (TPSA) is 325 Å². The first-order valence-electron chi connectivity index (χ1n) is 24.5. The Morgan fingerprint density at radius 2 is 0.952 bits per heavy atom. The smallest absolute Gasteiger partial charge is 0.235 e. The van der Waals surface area contributed by atoms with Gasteiger partial charge in [-0.05, 0) is 121 Å². The zero-order valence-electron chi connectivity index (χ0n) is 44.9. The molecule has 0 saturated carbocycles. The van der Waals surface area contributed by atoms with Crippen molar-refractivity contribution in [3.8, 4) is 58.8 Å². The van der Waals surface area contributed by atoms with Gasteiger partial charge in [0.2, 0.25) is 17.4 Å². The van der Waals surface area contributed by atoms with Crippen LogP contribution in [0.15, 0.2) is 206 Å². The summed E-state index contributed by atoms with van der Waals surface area (Å²) in [5.74, 6) is 3.58. The Labute approximate surface area is 513 Å². The molecule has 7 rings (SSSR count). The van der Waals surface area contributed by atoms with E-state index in [-0.39, 0.29) is 23.2 Å². The summed E-state index contributed by atoms with van der Waals surface area (Å²) in [4.78, 5) is 14.8. The number of hydrogen-bond donors (Lipinski definition) is 6. The second kappa shape index (κ2) is 44.4. The van der Waals surface area contributed by atoms with Crippen molar-refractivity contribution in [3.63, 3.8) is 0 Å². The lowest BCUT2D eigenvalue weighted by atomic mass is 10.2. The lowest BCUT2D eigenvalue weighted by molar-refractivity contribution is 0.349. The Kier molecular flexibility index (Phi) is 36.8. The first-order chi connectivity index (χ1) is 40.8. The minimum absolute atomic E-state index is 0.0319. The number of aromatic hydroxyl groups is 1. The van der Waals surface area contributed by atoms with Crippen molar-refractivity contribution in [2.45, 2.75) is 0 Å². The summed E-state index contributed by atoms with van der Waals surface area (Å²) < 4.78 is 27.3. The van der Waals surface area contributed by atoms with E-state index in [1.165, 1.54) is 49.0 Å². The van der Waals surface area contributed by atoms with Crippen molar-refractivity contribution >= 4 is 65.1 Å². The molecule has 0 fully saturated rings. The number of aromatic nitrogens is 3. The number of ether oxygens (including phenoxy) is 5. The van der Waals surface area contributed by atoms with E-state index in [9.17, 15) is 0 Å². The molecule has 0 unspecified atom stereocenters. The molecule has 6 aromatic rings. The van der Waals surface area contributed by atoms with Crippen LogP contribution in [0.4, 0.5) is 5.69 Å². The number of alkyl halides is 3. The summed E-state index contributed by atoms with van der Waals surface area (Å²) in [5, 5.41) is 68.5. The number of allylic oxidation sites excluding steroid dienone is 8. The Balaban J connectivity index is 0.000000366. The van der Waals surface area contributed by atoms with Crippen molar-refractivity contribution in [2.75, 3.05) is 49.0 Å². The fraction of sp³-hybridized carbons (Fsp3) is 0.129. The number of hydrogen-bond acceptors (Lipinski definition) is 16. The van der Waals surface area contributed by atoms with Gasteiger partial charge in [-0.15, -0.1) is 5.26 Å². The second-order valence-electron chi connectivity index (χ2n) is 15.5. The highest BCUT2D eigenvalue weighted by atomic mass is 79.9. The molecule has 0 saturated heterocycles. The molecule has 3 aromatic carbocycles. The number of pyridine rings is 3. The van der Waals surface area contributed by atoms with Crippen LogP contribution in [0.5, 0.6) is 34.5 Å². The van der Waals surface area contributed by atoms with Crippen LogP contribution < -0.4 is 35.2 Å². The number of rotatable bonds is 20. The van der Waals surface area contributed by atoms with Crippen LogP contribution in [0.2, 0.25) is 0 Å². The number of halogens is 3. The summed E-state index contributed by atoms with van der Waals surface area (Å²) in [6, 6.07) is 38.3. The standard InChI is InChI=1S/C17H19N5O2.C17H13N3O2.C11H10BrNO.C7H3NO.C6H4N2O.C4H6Br2/c18-16(19)12-3-5-13(6-4-12)23-9-1-2-10-24-14-7-8-15(17(20)21)22-11-14;18-11-14-3-6-16(7-4-14)21-9-1-2-10-22-17-8-5-15(12-19)20-13-17;1-13-10-4-6-11(7-5-10)14-9-3-2-8-12;8-5-6-1-3-7(9)4-2-6;7-3-5-1-2-6(9)4-8-5;5-3-1-2-4-6/h1-8,11H,9-10H2,(H3,18,19)(H3,20,21);1-8,13H,9-10H2;2-7H,8-9H2;1,3-4H;1-2,4,9H;1-2H,3-4H2/p+1/b2*2-1+;3-2+;;;2-1+. The molecule has 0 bridgehead atoms. The van der Waals surface area contributed by atoms with Gasteiger partial charge >= 0.3 is 0 Å². The fourth-order valence-electron chi connectivity index (χ4n) is 5.32. The first-order valence-corrected chi connectivity index (χ1v) is 27.8. The minimum atomic E-state index is -0.0741. The normalized spacial score (nSPS) is 10.5. The van der Waals surface area contributed by atoms with E-state index >= 15 is 0 Å². The van der Waals surface area contributed by atoms with Crippen LogP contribution in [0, 0.1) is 68.8 Å². The average Bonchev–Trinajstić information content (AvgIpc) is 3.54. The van der Waals surface area contributed by atoms with Crippen LogP contribution in [-0.4, -0.2) is 85.9 Å². The second-order valence-corrected chi connectivity index (χ2v) is 17.4. The molecule has 0 amide bonds. The summed E-state index contributed by atoms with van der Waals surface area (Å²) in [6.07, 6.45) is 26.6. The summed E-state index contributed by atoms with van der Waals surface area (Å²) >= 11 is 9.76. The van der Waals surface area contributed by atoms with E-state index in [2.05, 4.69) is 91.9 Å². The van der Waals surface area contributed by atoms with Gasteiger partial charge in [0.25, 0.3) is 0 Å². The lowest BCUT2D eigenvalue weighted by Gasteiger charge is -2.05. The third-order valence-electron chi connectivity index (χ3n) is 9.42. The number of nitrogens with one attached hydrogen (secondary N) is 2. The number of nitrogen functional groups attached to an aromatic ring is 2. The molecule has 22 heteroatoms. The summed E-state index contributed by atoms with van der Waals surface area (Å²) in [5.41, 5.74) is 14.1. The number of nitrogens with two attached hydrogens (primary N) is 2. The number of amidine groups is 2.